The smallest absolute Gasteiger partial charge is 0.285 e. The van der Waals surface area contributed by atoms with Crippen molar-refractivity contribution >= 4 is 23.4 Å². The van der Waals surface area contributed by atoms with Crippen LogP contribution in [0.25, 0.3) is 5.69 Å². The Labute approximate surface area is 130 Å². The first-order valence-electron chi connectivity index (χ1n) is 6.18. The molecule has 2 aromatic heterocycles. The minimum atomic E-state index is -0.134. The maximum absolute atomic E-state index is 12.5. The molecule has 0 amide bonds. The molecule has 1 aromatic carbocycles. The molecule has 0 saturated carbocycles. The first-order valence-corrected chi connectivity index (χ1v) is 7.37. The van der Waals surface area contributed by atoms with Gasteiger partial charge >= 0.3 is 0 Å². The number of halogens is 1. The van der Waals surface area contributed by atoms with Gasteiger partial charge in [-0.3, -0.25) is 9.89 Å². The monoisotopic (exact) mass is 318 g/mol. The molecule has 0 bridgehead atoms. The Hall–Kier alpha value is -2.05. The van der Waals surface area contributed by atoms with Crippen LogP contribution in [0.15, 0.2) is 57.4 Å². The topological polar surface area (TPSA) is 63.6 Å². The number of aromatic nitrogens is 4. The van der Waals surface area contributed by atoms with Gasteiger partial charge in [0.25, 0.3) is 5.56 Å². The number of rotatable bonds is 3. The summed E-state index contributed by atoms with van der Waals surface area (Å²) in [5.74, 6) is 0. The predicted octanol–water partition coefficient (Wildman–Crippen LogP) is 3.07. The van der Waals surface area contributed by atoms with Gasteiger partial charge in [0.1, 0.15) is 9.92 Å². The summed E-state index contributed by atoms with van der Waals surface area (Å²) in [4.78, 5) is 21.2. The molecule has 0 aliphatic rings. The molecule has 7 heteroatoms. The van der Waals surface area contributed by atoms with Crippen molar-refractivity contribution in [2.24, 2.45) is 0 Å². The Balaban J connectivity index is 2.04. The van der Waals surface area contributed by atoms with Crippen molar-refractivity contribution in [2.75, 3.05) is 0 Å². The lowest BCUT2D eigenvalue weighted by Crippen LogP contribution is -2.15. The molecule has 0 aliphatic heterocycles. The molecule has 0 radical (unpaired) electrons. The van der Waals surface area contributed by atoms with Crippen molar-refractivity contribution in [3.63, 3.8) is 0 Å². The lowest BCUT2D eigenvalue weighted by Gasteiger charge is -2.00. The summed E-state index contributed by atoms with van der Waals surface area (Å²) in [6, 6.07) is 9.39. The SMILES string of the molecule is Cc1[nH]n(-c2ccccc2)c(=O)c1Sc1nccnc1Cl. The third-order valence-electron chi connectivity index (χ3n) is 2.85. The molecule has 3 aromatic rings. The first kappa shape index (κ1) is 13.9. The molecule has 3 rings (SSSR count). The molecule has 2 heterocycles. The Morgan fingerprint density at radius 2 is 1.90 bits per heavy atom. The first-order chi connectivity index (χ1) is 10.2. The molecule has 0 fully saturated rings. The zero-order valence-corrected chi connectivity index (χ0v) is 12.6. The van der Waals surface area contributed by atoms with Gasteiger partial charge in [0.05, 0.1) is 5.69 Å². The molecule has 21 heavy (non-hydrogen) atoms. The second-order valence-electron chi connectivity index (χ2n) is 4.30. The van der Waals surface area contributed by atoms with Crippen LogP contribution in [0, 0.1) is 6.92 Å². The Morgan fingerprint density at radius 1 is 1.19 bits per heavy atom. The summed E-state index contributed by atoms with van der Waals surface area (Å²) >= 11 is 7.20. The highest BCUT2D eigenvalue weighted by Crippen LogP contribution is 2.29. The molecular weight excluding hydrogens is 308 g/mol. The van der Waals surface area contributed by atoms with Crippen LogP contribution in [0.5, 0.6) is 0 Å². The van der Waals surface area contributed by atoms with E-state index in [1.807, 2.05) is 37.3 Å². The maximum Gasteiger partial charge on any atom is 0.285 e. The summed E-state index contributed by atoms with van der Waals surface area (Å²) in [6.45, 7) is 1.84. The number of hydrogen-bond acceptors (Lipinski definition) is 4. The van der Waals surface area contributed by atoms with Crippen LogP contribution in [-0.4, -0.2) is 19.7 Å². The fraction of sp³-hybridized carbons (Fsp3) is 0.0714. The van der Waals surface area contributed by atoms with Crippen molar-refractivity contribution in [3.8, 4) is 5.69 Å². The van der Waals surface area contributed by atoms with Gasteiger partial charge in [0.15, 0.2) is 5.15 Å². The van der Waals surface area contributed by atoms with Gasteiger partial charge in [-0.1, -0.05) is 41.6 Å². The average Bonchev–Trinajstić information content (AvgIpc) is 2.78. The van der Waals surface area contributed by atoms with E-state index in [9.17, 15) is 4.79 Å². The van der Waals surface area contributed by atoms with Gasteiger partial charge in [0.2, 0.25) is 0 Å². The summed E-state index contributed by atoms with van der Waals surface area (Å²) in [5.41, 5.74) is 1.41. The van der Waals surface area contributed by atoms with Gasteiger partial charge in [0, 0.05) is 18.1 Å². The summed E-state index contributed by atoms with van der Waals surface area (Å²) < 4.78 is 1.50. The standard InChI is InChI=1S/C14H11ClN4OS/c1-9-11(21-13-12(15)16-7-8-17-13)14(20)19(18-9)10-5-3-2-4-6-10/h2-8,18H,1H3. The van der Waals surface area contributed by atoms with E-state index >= 15 is 0 Å². The largest absolute Gasteiger partial charge is 0.294 e. The summed E-state index contributed by atoms with van der Waals surface area (Å²) in [6.07, 6.45) is 3.06. The second kappa shape index (κ2) is 5.75. The molecular formula is C14H11ClN4OS. The van der Waals surface area contributed by atoms with E-state index in [2.05, 4.69) is 15.1 Å². The lowest BCUT2D eigenvalue weighted by atomic mass is 10.3. The quantitative estimate of drug-likeness (QED) is 0.806. The van der Waals surface area contributed by atoms with E-state index in [1.54, 1.807) is 6.20 Å². The van der Waals surface area contributed by atoms with E-state index in [0.717, 1.165) is 11.4 Å². The van der Waals surface area contributed by atoms with E-state index in [-0.39, 0.29) is 10.7 Å². The van der Waals surface area contributed by atoms with Crippen LogP contribution in [0.3, 0.4) is 0 Å². The Bertz CT molecular complexity index is 828. The molecule has 0 atom stereocenters. The third-order valence-corrected chi connectivity index (χ3v) is 4.42. The molecule has 0 unspecified atom stereocenters. The fourth-order valence-corrected chi connectivity index (χ4v) is 2.93. The highest BCUT2D eigenvalue weighted by Gasteiger charge is 2.16. The van der Waals surface area contributed by atoms with Crippen LogP contribution in [0.2, 0.25) is 5.15 Å². The van der Waals surface area contributed by atoms with Crippen LogP contribution in [-0.2, 0) is 0 Å². The van der Waals surface area contributed by atoms with E-state index in [0.29, 0.717) is 9.92 Å². The van der Waals surface area contributed by atoms with Crippen molar-refractivity contribution in [1.82, 2.24) is 19.7 Å². The van der Waals surface area contributed by atoms with Gasteiger partial charge in [-0.25, -0.2) is 14.6 Å². The average molecular weight is 319 g/mol. The highest BCUT2D eigenvalue weighted by atomic mass is 35.5. The van der Waals surface area contributed by atoms with Crippen LogP contribution in [0.4, 0.5) is 0 Å². The zero-order chi connectivity index (χ0) is 14.8. The second-order valence-corrected chi connectivity index (χ2v) is 5.65. The number of benzene rings is 1. The number of aromatic amines is 1. The number of nitrogens with one attached hydrogen (secondary N) is 1. The minimum absolute atomic E-state index is 0.134. The molecule has 0 spiro atoms. The number of para-hydroxylation sites is 1. The molecule has 0 saturated heterocycles. The number of nitrogens with zero attached hydrogens (tertiary/aromatic N) is 3. The van der Waals surface area contributed by atoms with Crippen LogP contribution < -0.4 is 5.56 Å². The van der Waals surface area contributed by atoms with Crippen molar-refractivity contribution in [1.29, 1.82) is 0 Å². The normalized spacial score (nSPS) is 10.8. The molecule has 106 valence electrons. The van der Waals surface area contributed by atoms with E-state index in [4.69, 9.17) is 11.6 Å². The number of hydrogen-bond donors (Lipinski definition) is 1. The third kappa shape index (κ3) is 2.72. The molecule has 0 aliphatic carbocycles. The van der Waals surface area contributed by atoms with Crippen molar-refractivity contribution < 1.29 is 0 Å². The molecule has 5 nitrogen and oxygen atoms in total. The Kier molecular flexibility index (Phi) is 3.81. The van der Waals surface area contributed by atoms with Crippen LogP contribution >= 0.6 is 23.4 Å². The summed E-state index contributed by atoms with van der Waals surface area (Å²) in [5, 5.41) is 3.86. The minimum Gasteiger partial charge on any atom is -0.294 e. The number of H-pyrrole nitrogens is 1. The van der Waals surface area contributed by atoms with Gasteiger partial charge in [-0.05, 0) is 19.1 Å². The highest BCUT2D eigenvalue weighted by molar-refractivity contribution is 7.99. The van der Waals surface area contributed by atoms with Crippen molar-refractivity contribution in [2.45, 2.75) is 16.8 Å². The molecule has 1 N–H and O–H groups in total. The van der Waals surface area contributed by atoms with Gasteiger partial charge in [-0.15, -0.1) is 0 Å². The number of aryl methyl sites for hydroxylation is 1. The summed E-state index contributed by atoms with van der Waals surface area (Å²) in [7, 11) is 0. The van der Waals surface area contributed by atoms with Crippen LogP contribution in [0.1, 0.15) is 5.69 Å². The Morgan fingerprint density at radius 3 is 2.62 bits per heavy atom. The lowest BCUT2D eigenvalue weighted by molar-refractivity contribution is 0.834. The van der Waals surface area contributed by atoms with E-state index in [1.165, 1.54) is 22.6 Å². The predicted molar refractivity (Wildman–Crippen MR) is 82.3 cm³/mol. The van der Waals surface area contributed by atoms with Crippen molar-refractivity contribution in [3.05, 3.63) is 63.9 Å². The maximum atomic E-state index is 12.5. The van der Waals surface area contributed by atoms with Gasteiger partial charge in [-0.2, -0.15) is 0 Å². The van der Waals surface area contributed by atoms with E-state index < -0.39 is 0 Å². The fourth-order valence-electron chi connectivity index (χ4n) is 1.88. The zero-order valence-electron chi connectivity index (χ0n) is 11.1. The van der Waals surface area contributed by atoms with Gasteiger partial charge < -0.3 is 0 Å².